The highest BCUT2D eigenvalue weighted by Crippen LogP contribution is 2.23. The van der Waals surface area contributed by atoms with Gasteiger partial charge in [-0.15, -0.1) is 4.40 Å². The third-order valence-corrected chi connectivity index (χ3v) is 5.37. The minimum atomic E-state index is -3.55. The zero-order valence-corrected chi connectivity index (χ0v) is 13.2. The van der Waals surface area contributed by atoms with Crippen LogP contribution in [0.25, 0.3) is 0 Å². The zero-order valence-electron chi connectivity index (χ0n) is 12.4. The van der Waals surface area contributed by atoms with Gasteiger partial charge in [0.05, 0.1) is 17.2 Å². The Morgan fingerprint density at radius 3 is 2.57 bits per heavy atom. The van der Waals surface area contributed by atoms with E-state index < -0.39 is 21.9 Å². The second-order valence-corrected chi connectivity index (χ2v) is 7.48. The van der Waals surface area contributed by atoms with Crippen LogP contribution in [-0.4, -0.2) is 66.4 Å². The minimum absolute atomic E-state index is 0.0771. The van der Waals surface area contributed by atoms with Crippen LogP contribution in [0.1, 0.15) is 12.8 Å². The lowest BCUT2D eigenvalue weighted by atomic mass is 9.96. The molecule has 1 fully saturated rings. The van der Waals surface area contributed by atoms with Crippen molar-refractivity contribution in [3.63, 3.8) is 0 Å². The molecule has 3 aliphatic rings. The Morgan fingerprint density at radius 1 is 1.22 bits per heavy atom. The summed E-state index contributed by atoms with van der Waals surface area (Å²) >= 11 is 0. The summed E-state index contributed by atoms with van der Waals surface area (Å²) in [6.45, 7) is 0.955. The van der Waals surface area contributed by atoms with Gasteiger partial charge >= 0.3 is 5.97 Å². The number of allylic oxidation sites excluding steroid dienone is 2. The molecule has 0 atom stereocenters. The molecule has 1 N–H and O–H groups in total. The van der Waals surface area contributed by atoms with Gasteiger partial charge < -0.3 is 14.9 Å². The van der Waals surface area contributed by atoms with E-state index in [1.165, 1.54) is 0 Å². The summed E-state index contributed by atoms with van der Waals surface area (Å²) in [7, 11) is -3.55. The molecule has 124 valence electrons. The molecule has 0 spiro atoms. The first-order chi connectivity index (χ1) is 10.9. The Labute approximate surface area is 133 Å². The van der Waals surface area contributed by atoms with Crippen molar-refractivity contribution in [2.45, 2.75) is 12.8 Å². The van der Waals surface area contributed by atoms with Crippen molar-refractivity contribution in [3.05, 3.63) is 23.9 Å². The standard InChI is InChI=1S/C14H17N3O5S/c18-13(17-6-3-10(4-7-17)14(19)20)11-2-1-5-16-8-9-23(21,22)15-12(11)16/h1-2,5,10H,3-4,6-9H2,(H,19,20). The number of hydrogen-bond donors (Lipinski definition) is 1. The Morgan fingerprint density at radius 2 is 1.91 bits per heavy atom. The highest BCUT2D eigenvalue weighted by atomic mass is 32.2. The zero-order chi connectivity index (χ0) is 16.6. The van der Waals surface area contributed by atoms with Gasteiger partial charge in [-0.1, -0.05) is 0 Å². The third kappa shape index (κ3) is 3.14. The molecular formula is C14H17N3O5S. The number of nitrogens with zero attached hydrogens (tertiary/aromatic N) is 3. The second kappa shape index (κ2) is 5.80. The average molecular weight is 339 g/mol. The average Bonchev–Trinajstić information content (AvgIpc) is 2.53. The quantitative estimate of drug-likeness (QED) is 0.747. The van der Waals surface area contributed by atoms with Gasteiger partial charge in [0.2, 0.25) is 0 Å². The number of amides is 1. The van der Waals surface area contributed by atoms with Gasteiger partial charge in [0.15, 0.2) is 5.84 Å². The number of carbonyl (C=O) groups is 2. The maximum absolute atomic E-state index is 12.7. The fourth-order valence-corrected chi connectivity index (χ4v) is 3.87. The number of piperidine rings is 1. The first-order valence-electron chi connectivity index (χ1n) is 7.37. The minimum Gasteiger partial charge on any atom is -0.481 e. The predicted molar refractivity (Wildman–Crippen MR) is 82.1 cm³/mol. The Hall–Kier alpha value is -2.16. The van der Waals surface area contributed by atoms with Crippen LogP contribution < -0.4 is 0 Å². The van der Waals surface area contributed by atoms with Gasteiger partial charge in [-0.2, -0.15) is 0 Å². The van der Waals surface area contributed by atoms with E-state index in [-0.39, 0.29) is 29.6 Å². The number of fused-ring (bicyclic) bond motifs is 1. The van der Waals surface area contributed by atoms with Gasteiger partial charge in [0.25, 0.3) is 15.9 Å². The van der Waals surface area contributed by atoms with Crippen LogP contribution in [0.3, 0.4) is 0 Å². The third-order valence-electron chi connectivity index (χ3n) is 4.22. The van der Waals surface area contributed by atoms with Crippen molar-refractivity contribution in [2.24, 2.45) is 10.3 Å². The topological polar surface area (TPSA) is 107 Å². The van der Waals surface area contributed by atoms with Crippen LogP contribution in [0, 0.1) is 5.92 Å². The van der Waals surface area contributed by atoms with E-state index in [9.17, 15) is 18.0 Å². The van der Waals surface area contributed by atoms with Crippen LogP contribution in [0.15, 0.2) is 28.3 Å². The molecule has 0 aromatic heterocycles. The lowest BCUT2D eigenvalue weighted by Crippen LogP contribution is -2.46. The lowest BCUT2D eigenvalue weighted by molar-refractivity contribution is -0.145. The van der Waals surface area contributed by atoms with Crippen molar-refractivity contribution < 1.29 is 23.1 Å². The molecule has 9 heteroatoms. The molecule has 3 rings (SSSR count). The summed E-state index contributed by atoms with van der Waals surface area (Å²) in [4.78, 5) is 26.9. The summed E-state index contributed by atoms with van der Waals surface area (Å²) in [6, 6.07) is 0. The van der Waals surface area contributed by atoms with E-state index in [1.54, 1.807) is 28.2 Å². The van der Waals surface area contributed by atoms with Crippen molar-refractivity contribution in [2.75, 3.05) is 25.4 Å². The maximum Gasteiger partial charge on any atom is 0.306 e. The van der Waals surface area contributed by atoms with Gasteiger partial charge in [0.1, 0.15) is 0 Å². The van der Waals surface area contributed by atoms with Gasteiger partial charge in [-0.25, -0.2) is 8.42 Å². The summed E-state index contributed by atoms with van der Waals surface area (Å²) in [6.07, 6.45) is 5.74. The largest absolute Gasteiger partial charge is 0.481 e. The molecule has 0 unspecified atom stereocenters. The number of carboxylic acid groups (broad SMARTS) is 1. The molecule has 0 aromatic rings. The van der Waals surface area contributed by atoms with Crippen molar-refractivity contribution in [3.8, 4) is 0 Å². The molecule has 0 saturated carbocycles. The Balaban J connectivity index is 1.80. The smallest absolute Gasteiger partial charge is 0.306 e. The van der Waals surface area contributed by atoms with E-state index >= 15 is 0 Å². The molecule has 0 aliphatic carbocycles. The van der Waals surface area contributed by atoms with Crippen LogP contribution in [0.2, 0.25) is 0 Å². The normalized spacial score (nSPS) is 23.8. The molecule has 3 heterocycles. The van der Waals surface area contributed by atoms with Gasteiger partial charge in [-0.05, 0) is 25.0 Å². The summed E-state index contributed by atoms with van der Waals surface area (Å²) in [5.74, 6) is -1.50. The number of amidine groups is 1. The van der Waals surface area contributed by atoms with E-state index in [0.717, 1.165) is 0 Å². The summed E-state index contributed by atoms with van der Waals surface area (Å²) in [5.41, 5.74) is 0.240. The second-order valence-electron chi connectivity index (χ2n) is 5.72. The molecule has 0 aromatic carbocycles. The van der Waals surface area contributed by atoms with Crippen LogP contribution in [0.5, 0.6) is 0 Å². The first kappa shape index (κ1) is 15.7. The highest BCUT2D eigenvalue weighted by molar-refractivity contribution is 7.90. The highest BCUT2D eigenvalue weighted by Gasteiger charge is 2.34. The number of hydrogen-bond acceptors (Lipinski definition) is 5. The number of carboxylic acids is 1. The van der Waals surface area contributed by atoms with Crippen LogP contribution >= 0.6 is 0 Å². The van der Waals surface area contributed by atoms with Gasteiger partial charge in [0, 0.05) is 25.8 Å². The van der Waals surface area contributed by atoms with Crippen LogP contribution in [-0.2, 0) is 19.6 Å². The first-order valence-corrected chi connectivity index (χ1v) is 8.98. The fraction of sp³-hybridized carbons (Fsp3) is 0.500. The van der Waals surface area contributed by atoms with E-state index in [4.69, 9.17) is 5.11 Å². The molecule has 1 amide bonds. The monoisotopic (exact) mass is 339 g/mol. The predicted octanol–water partition coefficient (Wildman–Crippen LogP) is -0.193. The van der Waals surface area contributed by atoms with Crippen molar-refractivity contribution >= 4 is 27.7 Å². The van der Waals surface area contributed by atoms with Gasteiger partial charge in [-0.3, -0.25) is 9.59 Å². The SMILES string of the molecule is O=C(O)C1CCN(C(=O)C2=CC=CN3CCS(=O)(=O)N=C23)CC1. The van der Waals surface area contributed by atoms with Crippen molar-refractivity contribution in [1.29, 1.82) is 0 Å². The lowest BCUT2D eigenvalue weighted by Gasteiger charge is -2.34. The molecule has 0 bridgehead atoms. The molecule has 1 saturated heterocycles. The molecule has 8 nitrogen and oxygen atoms in total. The summed E-state index contributed by atoms with van der Waals surface area (Å²) < 4.78 is 27.2. The maximum atomic E-state index is 12.7. The van der Waals surface area contributed by atoms with Crippen LogP contribution in [0.4, 0.5) is 0 Å². The Bertz CT molecular complexity index is 730. The number of likely N-dealkylation sites (tertiary alicyclic amines) is 1. The molecular weight excluding hydrogens is 322 g/mol. The number of aliphatic carboxylic acids is 1. The number of carbonyl (C=O) groups excluding carboxylic acids is 1. The van der Waals surface area contributed by atoms with Crippen molar-refractivity contribution in [1.82, 2.24) is 9.80 Å². The molecule has 0 radical (unpaired) electrons. The summed E-state index contributed by atoms with van der Waals surface area (Å²) in [5, 5.41) is 9.01. The number of rotatable bonds is 2. The molecule has 3 aliphatic heterocycles. The number of sulfonamides is 1. The Kier molecular flexibility index (Phi) is 3.97. The van der Waals surface area contributed by atoms with E-state index in [0.29, 0.717) is 25.9 Å². The van der Waals surface area contributed by atoms with E-state index in [1.807, 2.05) is 0 Å². The fourth-order valence-electron chi connectivity index (χ4n) is 2.88. The van der Waals surface area contributed by atoms with E-state index in [2.05, 4.69) is 4.40 Å². The molecule has 23 heavy (non-hydrogen) atoms.